The van der Waals surface area contributed by atoms with Gasteiger partial charge < -0.3 is 5.11 Å². The van der Waals surface area contributed by atoms with Crippen LogP contribution in [0.15, 0.2) is 23.3 Å². The number of carboxylic acid groups (broad SMARTS) is 1. The highest BCUT2D eigenvalue weighted by Gasteiger charge is 2.37. The van der Waals surface area contributed by atoms with Crippen molar-refractivity contribution in [1.82, 2.24) is 0 Å². The van der Waals surface area contributed by atoms with Crippen molar-refractivity contribution >= 4 is 11.8 Å². The van der Waals surface area contributed by atoms with Gasteiger partial charge in [-0.15, -0.1) is 0 Å². The molecule has 0 aromatic rings. The fourth-order valence-electron chi connectivity index (χ4n) is 1.23. The Morgan fingerprint density at radius 1 is 1.64 bits per heavy atom. The van der Waals surface area contributed by atoms with Crippen molar-refractivity contribution in [2.75, 3.05) is 0 Å². The molecule has 11 heavy (non-hydrogen) atoms. The molecule has 0 aliphatic heterocycles. The minimum atomic E-state index is -1.05. The Hall–Kier alpha value is -1.38. The highest BCUT2D eigenvalue weighted by atomic mass is 16.4. The summed E-state index contributed by atoms with van der Waals surface area (Å²) in [6.45, 7) is 0. The number of allylic oxidation sites excluding steroid dienone is 3. The zero-order valence-corrected chi connectivity index (χ0v) is 5.70. The van der Waals surface area contributed by atoms with Gasteiger partial charge in [0, 0.05) is 12.0 Å². The molecule has 0 bridgehead atoms. The average Bonchev–Trinajstić information content (AvgIpc) is 2.66. The Kier molecular flexibility index (Phi) is 1.04. The van der Waals surface area contributed by atoms with Crippen molar-refractivity contribution < 1.29 is 14.7 Å². The van der Waals surface area contributed by atoms with Crippen LogP contribution in [-0.4, -0.2) is 16.9 Å². The maximum atomic E-state index is 11.1. The maximum absolute atomic E-state index is 11.1. The molecule has 2 aliphatic carbocycles. The van der Waals surface area contributed by atoms with E-state index in [1.54, 1.807) is 6.08 Å². The van der Waals surface area contributed by atoms with Crippen LogP contribution < -0.4 is 0 Å². The number of hydrogen-bond donors (Lipinski definition) is 1. The van der Waals surface area contributed by atoms with E-state index in [9.17, 15) is 9.59 Å². The molecule has 0 spiro atoms. The third-order valence-corrected chi connectivity index (χ3v) is 1.97. The third kappa shape index (κ3) is 0.808. The third-order valence-electron chi connectivity index (χ3n) is 1.97. The smallest absolute Gasteiger partial charge is 0.318 e. The summed E-state index contributed by atoms with van der Waals surface area (Å²) in [6.07, 6.45) is 3.88. The van der Waals surface area contributed by atoms with Crippen molar-refractivity contribution in [3.8, 4) is 0 Å². The molecule has 2 aliphatic rings. The van der Waals surface area contributed by atoms with Gasteiger partial charge in [0.2, 0.25) is 0 Å². The molecule has 0 fully saturated rings. The van der Waals surface area contributed by atoms with Crippen LogP contribution in [0.3, 0.4) is 0 Å². The van der Waals surface area contributed by atoms with Gasteiger partial charge in [0.25, 0.3) is 0 Å². The van der Waals surface area contributed by atoms with Crippen LogP contribution >= 0.6 is 0 Å². The Balaban J connectivity index is 2.29. The van der Waals surface area contributed by atoms with Crippen LogP contribution in [0.4, 0.5) is 0 Å². The lowest BCUT2D eigenvalue weighted by atomic mass is 9.99. The van der Waals surface area contributed by atoms with E-state index in [0.29, 0.717) is 12.0 Å². The number of carbonyl (C=O) groups excluding carboxylic acids is 1. The SMILES string of the molecule is O=C(O)C1C=CC2=C(C2)C1=O. The zero-order valence-electron chi connectivity index (χ0n) is 5.70. The van der Waals surface area contributed by atoms with Gasteiger partial charge in [-0.2, -0.15) is 0 Å². The first-order valence-electron chi connectivity index (χ1n) is 3.37. The zero-order chi connectivity index (χ0) is 8.01. The molecule has 3 heteroatoms. The van der Waals surface area contributed by atoms with E-state index < -0.39 is 11.9 Å². The van der Waals surface area contributed by atoms with Gasteiger partial charge in [-0.3, -0.25) is 9.59 Å². The average molecular weight is 150 g/mol. The fourth-order valence-corrected chi connectivity index (χ4v) is 1.23. The molecule has 1 unspecified atom stereocenters. The summed E-state index contributed by atoms with van der Waals surface area (Å²) in [5, 5.41) is 8.55. The summed E-state index contributed by atoms with van der Waals surface area (Å²) in [5.74, 6) is -2.20. The Morgan fingerprint density at radius 3 is 3.00 bits per heavy atom. The number of hydrogen-bond acceptors (Lipinski definition) is 2. The first-order chi connectivity index (χ1) is 5.20. The van der Waals surface area contributed by atoms with Gasteiger partial charge in [0.05, 0.1) is 0 Å². The number of carbonyl (C=O) groups is 2. The van der Waals surface area contributed by atoms with Gasteiger partial charge in [0.15, 0.2) is 5.78 Å². The maximum Gasteiger partial charge on any atom is 0.318 e. The number of aliphatic carboxylic acids is 1. The number of rotatable bonds is 1. The predicted molar refractivity (Wildman–Crippen MR) is 36.9 cm³/mol. The number of carboxylic acids is 1. The predicted octanol–water partition coefficient (Wildman–Crippen LogP) is 0.526. The quantitative estimate of drug-likeness (QED) is 0.554. The second-order valence-electron chi connectivity index (χ2n) is 2.72. The van der Waals surface area contributed by atoms with Gasteiger partial charge in [-0.25, -0.2) is 0 Å². The van der Waals surface area contributed by atoms with Crippen molar-refractivity contribution in [1.29, 1.82) is 0 Å². The van der Waals surface area contributed by atoms with E-state index in [1.165, 1.54) is 6.08 Å². The van der Waals surface area contributed by atoms with Crippen LogP contribution in [0.1, 0.15) is 6.42 Å². The Morgan fingerprint density at radius 2 is 2.36 bits per heavy atom. The second kappa shape index (κ2) is 1.81. The summed E-state index contributed by atoms with van der Waals surface area (Å²) in [4.78, 5) is 21.6. The highest BCUT2D eigenvalue weighted by Crippen LogP contribution is 2.38. The standard InChI is InChI=1S/C8H6O3/c9-7-5(8(10)11)2-1-4-3-6(4)7/h1-2,5H,3H2,(H,10,11). The van der Waals surface area contributed by atoms with Gasteiger partial charge >= 0.3 is 5.97 Å². The van der Waals surface area contributed by atoms with E-state index in [0.717, 1.165) is 5.57 Å². The van der Waals surface area contributed by atoms with Crippen molar-refractivity contribution in [2.45, 2.75) is 6.42 Å². The molecule has 0 saturated heterocycles. The van der Waals surface area contributed by atoms with Crippen molar-refractivity contribution in [2.24, 2.45) is 5.92 Å². The Bertz CT molecular complexity index is 309. The molecule has 0 radical (unpaired) electrons. The Labute approximate surface area is 63.0 Å². The van der Waals surface area contributed by atoms with E-state index in [2.05, 4.69) is 0 Å². The summed E-state index contributed by atoms with van der Waals surface area (Å²) in [7, 11) is 0. The van der Waals surface area contributed by atoms with Crippen LogP contribution in [0.25, 0.3) is 0 Å². The monoisotopic (exact) mass is 150 g/mol. The van der Waals surface area contributed by atoms with Gasteiger partial charge in [-0.1, -0.05) is 12.2 Å². The lowest BCUT2D eigenvalue weighted by Gasteiger charge is -2.03. The minimum absolute atomic E-state index is 0.227. The number of ketones is 1. The van der Waals surface area contributed by atoms with Crippen LogP contribution in [0.5, 0.6) is 0 Å². The normalized spacial score (nSPS) is 26.9. The topological polar surface area (TPSA) is 54.4 Å². The van der Waals surface area contributed by atoms with Crippen molar-refractivity contribution in [3.05, 3.63) is 23.3 Å². The molecule has 0 aromatic heterocycles. The van der Waals surface area contributed by atoms with E-state index >= 15 is 0 Å². The molecule has 3 nitrogen and oxygen atoms in total. The highest BCUT2D eigenvalue weighted by molar-refractivity contribution is 6.14. The molecular weight excluding hydrogens is 144 g/mol. The van der Waals surface area contributed by atoms with Crippen LogP contribution in [0.2, 0.25) is 0 Å². The first-order valence-corrected chi connectivity index (χ1v) is 3.37. The molecule has 1 N–H and O–H groups in total. The van der Waals surface area contributed by atoms with Gasteiger partial charge in [-0.05, 0) is 5.57 Å². The van der Waals surface area contributed by atoms with E-state index in [1.807, 2.05) is 0 Å². The fraction of sp³-hybridized carbons (Fsp3) is 0.250. The summed E-state index contributed by atoms with van der Waals surface area (Å²) < 4.78 is 0. The van der Waals surface area contributed by atoms with E-state index in [-0.39, 0.29) is 5.78 Å². The number of Topliss-reactive ketones (excluding diaryl/α,β-unsaturated/α-hetero) is 1. The minimum Gasteiger partial charge on any atom is -0.480 e. The molecule has 1 atom stereocenters. The van der Waals surface area contributed by atoms with Crippen molar-refractivity contribution in [3.63, 3.8) is 0 Å². The summed E-state index contributed by atoms with van der Waals surface area (Å²) in [5.41, 5.74) is 1.72. The second-order valence-corrected chi connectivity index (χ2v) is 2.72. The van der Waals surface area contributed by atoms with Gasteiger partial charge in [0.1, 0.15) is 5.92 Å². The summed E-state index contributed by atoms with van der Waals surface area (Å²) in [6, 6.07) is 0. The molecule has 56 valence electrons. The van der Waals surface area contributed by atoms with Crippen LogP contribution in [0, 0.1) is 5.92 Å². The van der Waals surface area contributed by atoms with E-state index in [4.69, 9.17) is 5.11 Å². The molecule has 0 heterocycles. The largest absolute Gasteiger partial charge is 0.480 e. The molecule has 0 amide bonds. The lowest BCUT2D eigenvalue weighted by Crippen LogP contribution is -2.21. The first kappa shape index (κ1) is 6.34. The lowest BCUT2D eigenvalue weighted by molar-refractivity contribution is -0.143. The van der Waals surface area contributed by atoms with Crippen LogP contribution in [-0.2, 0) is 9.59 Å². The summed E-state index contributed by atoms with van der Waals surface area (Å²) >= 11 is 0. The molecule has 0 saturated carbocycles. The molecular formula is C8H6O3. The molecule has 0 aromatic carbocycles. The molecule has 2 rings (SSSR count).